The number of likely N-dealkylation sites (tertiary alicyclic amines) is 1. The van der Waals surface area contributed by atoms with E-state index < -0.39 is 0 Å². The number of amides is 1. The zero-order valence-electron chi connectivity index (χ0n) is 13.0. The molecule has 0 spiro atoms. The van der Waals surface area contributed by atoms with Gasteiger partial charge in [-0.05, 0) is 24.9 Å². The van der Waals surface area contributed by atoms with Crippen molar-refractivity contribution in [3.05, 3.63) is 35.9 Å². The Hall–Kier alpha value is -1.10. The van der Waals surface area contributed by atoms with E-state index in [1.807, 2.05) is 11.0 Å². The van der Waals surface area contributed by atoms with E-state index in [1.165, 1.54) is 18.4 Å². The van der Waals surface area contributed by atoms with E-state index in [1.54, 1.807) is 0 Å². The van der Waals surface area contributed by atoms with Crippen LogP contribution in [0.25, 0.3) is 0 Å². The molecule has 3 rings (SSSR count). The van der Waals surface area contributed by atoms with Gasteiger partial charge >= 0.3 is 0 Å². The molecule has 2 aliphatic rings. The molecule has 0 aromatic heterocycles. The van der Waals surface area contributed by atoms with Gasteiger partial charge in [0, 0.05) is 32.7 Å². The Morgan fingerprint density at radius 2 is 1.82 bits per heavy atom. The number of carbonyl (C=O) groups excluding carboxylic acids is 1. The lowest BCUT2D eigenvalue weighted by Crippen LogP contribution is -2.55. The van der Waals surface area contributed by atoms with Crippen molar-refractivity contribution in [2.45, 2.75) is 31.8 Å². The quantitative estimate of drug-likeness (QED) is 0.923. The van der Waals surface area contributed by atoms with E-state index in [0.29, 0.717) is 5.91 Å². The van der Waals surface area contributed by atoms with Crippen molar-refractivity contribution in [3.63, 3.8) is 0 Å². The molecule has 1 aromatic rings. The highest BCUT2D eigenvalue weighted by Crippen LogP contribution is 2.21. The average Bonchev–Trinajstić information content (AvgIpc) is 2.56. The molecule has 2 fully saturated rings. The van der Waals surface area contributed by atoms with E-state index in [9.17, 15) is 4.79 Å². The maximum absolute atomic E-state index is 12.8. The first-order valence-corrected chi connectivity index (χ1v) is 8.12. The van der Waals surface area contributed by atoms with Crippen LogP contribution in [0.3, 0.4) is 0 Å². The molecule has 2 heterocycles. The molecular formula is C17H26ClN3O. The first kappa shape index (κ1) is 17.3. The molecular weight excluding hydrogens is 298 g/mol. The minimum Gasteiger partial charge on any atom is -0.339 e. The molecule has 2 aliphatic heterocycles. The fourth-order valence-electron chi connectivity index (χ4n) is 3.37. The van der Waals surface area contributed by atoms with Crippen molar-refractivity contribution in [3.8, 4) is 0 Å². The number of benzene rings is 1. The van der Waals surface area contributed by atoms with Crippen molar-refractivity contribution in [1.82, 2.24) is 15.1 Å². The van der Waals surface area contributed by atoms with Crippen LogP contribution >= 0.6 is 12.4 Å². The SMILES string of the molecule is Cl.O=C(C1CCCCN1Cc1ccccc1)N1CCNCC1. The molecule has 1 aromatic carbocycles. The molecule has 1 amide bonds. The van der Waals surface area contributed by atoms with Crippen LogP contribution in [0.4, 0.5) is 0 Å². The number of piperazine rings is 1. The number of nitrogens with one attached hydrogen (secondary N) is 1. The van der Waals surface area contributed by atoms with Crippen molar-refractivity contribution in [2.75, 3.05) is 32.7 Å². The van der Waals surface area contributed by atoms with Crippen molar-refractivity contribution >= 4 is 18.3 Å². The maximum atomic E-state index is 12.8. The zero-order chi connectivity index (χ0) is 14.5. The van der Waals surface area contributed by atoms with Gasteiger partial charge in [0.05, 0.1) is 6.04 Å². The fraction of sp³-hybridized carbons (Fsp3) is 0.588. The van der Waals surface area contributed by atoms with Gasteiger partial charge in [0.2, 0.25) is 5.91 Å². The van der Waals surface area contributed by atoms with Crippen LogP contribution in [0.2, 0.25) is 0 Å². The lowest BCUT2D eigenvalue weighted by Gasteiger charge is -2.39. The third kappa shape index (κ3) is 4.22. The molecule has 0 radical (unpaired) electrons. The van der Waals surface area contributed by atoms with Gasteiger partial charge in [-0.15, -0.1) is 12.4 Å². The summed E-state index contributed by atoms with van der Waals surface area (Å²) in [6.07, 6.45) is 3.39. The van der Waals surface area contributed by atoms with Gasteiger partial charge in [0.15, 0.2) is 0 Å². The van der Waals surface area contributed by atoms with Gasteiger partial charge in [-0.1, -0.05) is 36.8 Å². The highest BCUT2D eigenvalue weighted by molar-refractivity contribution is 5.85. The minimum absolute atomic E-state index is 0. The van der Waals surface area contributed by atoms with E-state index in [4.69, 9.17) is 0 Å². The molecule has 0 saturated carbocycles. The Morgan fingerprint density at radius 3 is 2.55 bits per heavy atom. The number of nitrogens with zero attached hydrogens (tertiary/aromatic N) is 2. The molecule has 4 nitrogen and oxygen atoms in total. The van der Waals surface area contributed by atoms with Crippen LogP contribution < -0.4 is 5.32 Å². The largest absolute Gasteiger partial charge is 0.339 e. The summed E-state index contributed by atoms with van der Waals surface area (Å²) in [5.41, 5.74) is 1.30. The van der Waals surface area contributed by atoms with Crippen LogP contribution in [-0.2, 0) is 11.3 Å². The number of hydrogen-bond donors (Lipinski definition) is 1. The Labute approximate surface area is 139 Å². The minimum atomic E-state index is 0. The Kier molecular flexibility index (Phi) is 6.68. The summed E-state index contributed by atoms with van der Waals surface area (Å²) in [5.74, 6) is 0.340. The monoisotopic (exact) mass is 323 g/mol. The summed E-state index contributed by atoms with van der Waals surface area (Å²) < 4.78 is 0. The lowest BCUT2D eigenvalue weighted by molar-refractivity contribution is -0.139. The van der Waals surface area contributed by atoms with Crippen LogP contribution in [0.5, 0.6) is 0 Å². The van der Waals surface area contributed by atoms with Crippen LogP contribution in [0, 0.1) is 0 Å². The van der Waals surface area contributed by atoms with Crippen molar-refractivity contribution in [2.24, 2.45) is 0 Å². The molecule has 5 heteroatoms. The van der Waals surface area contributed by atoms with Gasteiger partial charge in [-0.3, -0.25) is 9.69 Å². The molecule has 1 N–H and O–H groups in total. The summed E-state index contributed by atoms with van der Waals surface area (Å²) in [7, 11) is 0. The number of halogens is 1. The molecule has 0 bridgehead atoms. The first-order chi connectivity index (χ1) is 10.3. The third-order valence-corrected chi connectivity index (χ3v) is 4.56. The smallest absolute Gasteiger partial charge is 0.240 e. The molecule has 0 aliphatic carbocycles. The second-order valence-corrected chi connectivity index (χ2v) is 6.04. The second kappa shape index (κ2) is 8.51. The topological polar surface area (TPSA) is 35.6 Å². The van der Waals surface area contributed by atoms with Gasteiger partial charge in [-0.2, -0.15) is 0 Å². The van der Waals surface area contributed by atoms with E-state index in [0.717, 1.165) is 45.7 Å². The second-order valence-electron chi connectivity index (χ2n) is 6.04. The number of piperidine rings is 1. The summed E-state index contributed by atoms with van der Waals surface area (Å²) in [6.45, 7) is 5.50. The predicted octanol–water partition coefficient (Wildman–Crippen LogP) is 1.89. The van der Waals surface area contributed by atoms with Crippen molar-refractivity contribution in [1.29, 1.82) is 0 Å². The average molecular weight is 324 g/mol. The van der Waals surface area contributed by atoms with Crippen LogP contribution in [0.15, 0.2) is 30.3 Å². The highest BCUT2D eigenvalue weighted by Gasteiger charge is 2.32. The fourth-order valence-corrected chi connectivity index (χ4v) is 3.37. The molecule has 22 heavy (non-hydrogen) atoms. The standard InChI is InChI=1S/C17H25N3O.ClH/c21-17(19-12-9-18-10-13-19)16-8-4-5-11-20(16)14-15-6-2-1-3-7-15;/h1-3,6-7,16,18H,4-5,8-14H2;1H. The van der Waals surface area contributed by atoms with E-state index in [2.05, 4.69) is 34.5 Å². The lowest BCUT2D eigenvalue weighted by atomic mass is 9.99. The molecule has 122 valence electrons. The zero-order valence-corrected chi connectivity index (χ0v) is 13.9. The Balaban J connectivity index is 0.00000176. The Morgan fingerprint density at radius 1 is 1.09 bits per heavy atom. The van der Waals surface area contributed by atoms with Gasteiger partial charge in [0.1, 0.15) is 0 Å². The molecule has 1 unspecified atom stereocenters. The summed E-state index contributed by atoms with van der Waals surface area (Å²) in [4.78, 5) is 17.2. The summed E-state index contributed by atoms with van der Waals surface area (Å²) >= 11 is 0. The van der Waals surface area contributed by atoms with E-state index >= 15 is 0 Å². The molecule has 2 saturated heterocycles. The third-order valence-electron chi connectivity index (χ3n) is 4.56. The summed E-state index contributed by atoms with van der Waals surface area (Å²) in [5, 5.41) is 3.32. The normalized spacial score (nSPS) is 22.9. The van der Waals surface area contributed by atoms with Gasteiger partial charge in [0.25, 0.3) is 0 Å². The maximum Gasteiger partial charge on any atom is 0.240 e. The number of rotatable bonds is 3. The molecule has 1 atom stereocenters. The number of carbonyl (C=O) groups is 1. The van der Waals surface area contributed by atoms with E-state index in [-0.39, 0.29) is 18.4 Å². The first-order valence-electron chi connectivity index (χ1n) is 8.12. The number of hydrogen-bond acceptors (Lipinski definition) is 3. The van der Waals surface area contributed by atoms with Crippen LogP contribution in [-0.4, -0.2) is 54.5 Å². The highest BCUT2D eigenvalue weighted by atomic mass is 35.5. The van der Waals surface area contributed by atoms with Crippen molar-refractivity contribution < 1.29 is 4.79 Å². The Bertz CT molecular complexity index is 462. The van der Waals surface area contributed by atoms with Gasteiger partial charge in [-0.25, -0.2) is 0 Å². The summed E-state index contributed by atoms with van der Waals surface area (Å²) in [6, 6.07) is 10.6. The predicted molar refractivity (Wildman–Crippen MR) is 91.2 cm³/mol. The van der Waals surface area contributed by atoms with Crippen LogP contribution in [0.1, 0.15) is 24.8 Å². The van der Waals surface area contributed by atoms with Gasteiger partial charge < -0.3 is 10.2 Å².